The summed E-state index contributed by atoms with van der Waals surface area (Å²) >= 11 is 3.35. The third-order valence-corrected chi connectivity index (χ3v) is 3.27. The van der Waals surface area contributed by atoms with Crippen molar-refractivity contribution in [3.8, 4) is 0 Å². The van der Waals surface area contributed by atoms with Gasteiger partial charge in [-0.2, -0.15) is 4.57 Å². The molecule has 3 nitrogen and oxygen atoms in total. The molecule has 0 saturated heterocycles. The molecule has 2 aromatic rings. The third-order valence-electron chi connectivity index (χ3n) is 2.75. The van der Waals surface area contributed by atoms with E-state index in [0.717, 1.165) is 10.2 Å². The van der Waals surface area contributed by atoms with Crippen LogP contribution < -0.4 is 14.6 Å². The van der Waals surface area contributed by atoms with E-state index < -0.39 is 0 Å². The minimum atomic E-state index is -0.0184. The summed E-state index contributed by atoms with van der Waals surface area (Å²) in [5.74, 6) is -0.0184. The van der Waals surface area contributed by atoms with Crippen molar-refractivity contribution in [1.29, 1.82) is 0 Å². The van der Waals surface area contributed by atoms with Crippen LogP contribution >= 0.6 is 15.9 Å². The van der Waals surface area contributed by atoms with Crippen LogP contribution in [0.3, 0.4) is 0 Å². The number of pyridine rings is 1. The summed E-state index contributed by atoms with van der Waals surface area (Å²) in [5.41, 5.74) is 1.77. The summed E-state index contributed by atoms with van der Waals surface area (Å²) in [6.07, 6.45) is 5.31. The smallest absolute Gasteiger partial charge is 0.176 e. The van der Waals surface area contributed by atoms with Crippen molar-refractivity contribution in [3.63, 3.8) is 0 Å². The fraction of sp³-hybridized carbons (Fsp3) is 0.133. The maximum absolute atomic E-state index is 12.0. The largest absolute Gasteiger partial charge is 0.868 e. The standard InChI is InChI=1S/C15H15BrN2O/c1-17(2)14-7-9-18(10-8-14)11-15(19)12-3-5-13(16)6-4-12/h3-11H,1-2H3/b15-11+. The van der Waals surface area contributed by atoms with Gasteiger partial charge in [0.15, 0.2) is 18.6 Å². The SMILES string of the molecule is CN(C)c1cc[n+](/C=C(/[O-])c2ccc(Br)cc2)cc1. The number of halogens is 1. The molecular formula is C15H15BrN2O. The van der Waals surface area contributed by atoms with Gasteiger partial charge < -0.3 is 10.0 Å². The zero-order valence-corrected chi connectivity index (χ0v) is 12.5. The molecule has 1 aromatic carbocycles. The fourth-order valence-corrected chi connectivity index (χ4v) is 1.90. The molecule has 0 unspecified atom stereocenters. The van der Waals surface area contributed by atoms with Gasteiger partial charge in [0.2, 0.25) is 0 Å². The zero-order valence-electron chi connectivity index (χ0n) is 10.9. The molecule has 0 N–H and O–H groups in total. The number of benzene rings is 1. The molecule has 19 heavy (non-hydrogen) atoms. The zero-order chi connectivity index (χ0) is 13.8. The van der Waals surface area contributed by atoms with Gasteiger partial charge in [-0.25, -0.2) is 0 Å². The Bertz CT molecular complexity index is 574. The topological polar surface area (TPSA) is 30.2 Å². The summed E-state index contributed by atoms with van der Waals surface area (Å²) in [6, 6.07) is 11.3. The summed E-state index contributed by atoms with van der Waals surface area (Å²) in [4.78, 5) is 2.01. The summed E-state index contributed by atoms with van der Waals surface area (Å²) < 4.78 is 2.73. The second-order valence-corrected chi connectivity index (χ2v) is 5.31. The quantitative estimate of drug-likeness (QED) is 0.641. The van der Waals surface area contributed by atoms with Gasteiger partial charge in [-0.05, 0) is 23.5 Å². The van der Waals surface area contributed by atoms with Crippen molar-refractivity contribution in [3.05, 3.63) is 58.8 Å². The molecule has 1 heterocycles. The number of hydrogen-bond donors (Lipinski definition) is 0. The molecule has 98 valence electrons. The molecule has 0 aliphatic heterocycles. The van der Waals surface area contributed by atoms with Crippen molar-refractivity contribution >= 4 is 33.6 Å². The van der Waals surface area contributed by atoms with E-state index in [-0.39, 0.29) is 5.76 Å². The number of rotatable bonds is 3. The molecule has 0 amide bonds. The molecular weight excluding hydrogens is 304 g/mol. The van der Waals surface area contributed by atoms with Gasteiger partial charge in [0, 0.05) is 36.4 Å². The minimum Gasteiger partial charge on any atom is -0.868 e. The first-order chi connectivity index (χ1) is 9.06. The molecule has 0 aliphatic carbocycles. The minimum absolute atomic E-state index is 0.0184. The average molecular weight is 319 g/mol. The van der Waals surface area contributed by atoms with Crippen LogP contribution in [-0.2, 0) is 0 Å². The third kappa shape index (κ3) is 3.58. The molecule has 2 rings (SSSR count). The molecule has 1 aromatic heterocycles. The summed E-state index contributed by atoms with van der Waals surface area (Å²) in [6.45, 7) is 0. The van der Waals surface area contributed by atoms with Gasteiger partial charge in [-0.3, -0.25) is 0 Å². The van der Waals surface area contributed by atoms with Crippen LogP contribution in [-0.4, -0.2) is 14.1 Å². The summed E-state index contributed by atoms with van der Waals surface area (Å²) in [7, 11) is 3.97. The van der Waals surface area contributed by atoms with E-state index in [4.69, 9.17) is 0 Å². The van der Waals surface area contributed by atoms with Crippen LogP contribution in [0.4, 0.5) is 5.69 Å². The lowest BCUT2D eigenvalue weighted by Gasteiger charge is -2.11. The van der Waals surface area contributed by atoms with Crippen LogP contribution in [0.1, 0.15) is 5.56 Å². The van der Waals surface area contributed by atoms with Crippen LogP contribution in [0.15, 0.2) is 53.3 Å². The number of nitrogens with zero attached hydrogens (tertiary/aromatic N) is 2. The predicted molar refractivity (Wildman–Crippen MR) is 79.3 cm³/mol. The van der Waals surface area contributed by atoms with E-state index >= 15 is 0 Å². The average Bonchev–Trinajstić information content (AvgIpc) is 2.40. The van der Waals surface area contributed by atoms with Crippen molar-refractivity contribution in [2.24, 2.45) is 0 Å². The van der Waals surface area contributed by atoms with Crippen molar-refractivity contribution < 1.29 is 9.67 Å². The Balaban J connectivity index is 2.22. The maximum atomic E-state index is 12.0. The van der Waals surface area contributed by atoms with Crippen LogP contribution in [0.5, 0.6) is 0 Å². The first-order valence-electron chi connectivity index (χ1n) is 5.89. The number of aromatic nitrogens is 1. The molecule has 0 bridgehead atoms. The molecule has 0 spiro atoms. The first kappa shape index (κ1) is 13.6. The Labute approximate surface area is 121 Å². The van der Waals surface area contributed by atoms with Crippen molar-refractivity contribution in [2.75, 3.05) is 19.0 Å². The van der Waals surface area contributed by atoms with Crippen LogP contribution in [0.25, 0.3) is 12.0 Å². The highest BCUT2D eigenvalue weighted by Gasteiger charge is 2.00. The van der Waals surface area contributed by atoms with E-state index in [1.54, 1.807) is 22.9 Å². The van der Waals surface area contributed by atoms with Gasteiger partial charge in [0.05, 0.1) is 0 Å². The summed E-state index contributed by atoms with van der Waals surface area (Å²) in [5, 5.41) is 12.0. The Morgan fingerprint density at radius 2 is 1.68 bits per heavy atom. The molecule has 0 fully saturated rings. The lowest BCUT2D eigenvalue weighted by Crippen LogP contribution is -2.27. The van der Waals surface area contributed by atoms with E-state index in [1.807, 2.05) is 55.7 Å². The number of hydrogen-bond acceptors (Lipinski definition) is 2. The predicted octanol–water partition coefficient (Wildman–Crippen LogP) is 2.12. The van der Waals surface area contributed by atoms with Gasteiger partial charge >= 0.3 is 0 Å². The van der Waals surface area contributed by atoms with E-state index in [0.29, 0.717) is 5.56 Å². The highest BCUT2D eigenvalue weighted by Crippen LogP contribution is 2.14. The van der Waals surface area contributed by atoms with E-state index in [2.05, 4.69) is 15.9 Å². The Kier molecular flexibility index (Phi) is 4.22. The highest BCUT2D eigenvalue weighted by molar-refractivity contribution is 9.10. The van der Waals surface area contributed by atoms with E-state index in [9.17, 15) is 5.11 Å². The van der Waals surface area contributed by atoms with Gasteiger partial charge in [-0.1, -0.05) is 28.1 Å². The van der Waals surface area contributed by atoms with Gasteiger partial charge in [0.25, 0.3) is 0 Å². The first-order valence-corrected chi connectivity index (χ1v) is 6.68. The maximum Gasteiger partial charge on any atom is 0.176 e. The second kappa shape index (κ2) is 5.89. The Morgan fingerprint density at radius 1 is 1.11 bits per heavy atom. The molecule has 0 radical (unpaired) electrons. The lowest BCUT2D eigenvalue weighted by molar-refractivity contribution is -0.569. The molecule has 0 aliphatic rings. The van der Waals surface area contributed by atoms with Crippen molar-refractivity contribution in [2.45, 2.75) is 0 Å². The van der Waals surface area contributed by atoms with Crippen molar-refractivity contribution in [1.82, 2.24) is 0 Å². The Morgan fingerprint density at radius 3 is 2.21 bits per heavy atom. The lowest BCUT2D eigenvalue weighted by atomic mass is 10.2. The monoisotopic (exact) mass is 318 g/mol. The van der Waals surface area contributed by atoms with E-state index in [1.165, 1.54) is 0 Å². The molecule has 4 heteroatoms. The molecule has 0 atom stereocenters. The molecule has 0 saturated carbocycles. The van der Waals surface area contributed by atoms with Gasteiger partial charge in [0.1, 0.15) is 0 Å². The van der Waals surface area contributed by atoms with Gasteiger partial charge in [-0.15, -0.1) is 0 Å². The Hall–Kier alpha value is -1.81. The second-order valence-electron chi connectivity index (χ2n) is 4.40. The van der Waals surface area contributed by atoms with Crippen LogP contribution in [0, 0.1) is 0 Å². The highest BCUT2D eigenvalue weighted by atomic mass is 79.9. The number of anilines is 1. The van der Waals surface area contributed by atoms with Crippen LogP contribution in [0.2, 0.25) is 0 Å². The normalized spacial score (nSPS) is 11.4. The fourth-order valence-electron chi connectivity index (χ4n) is 1.64.